The van der Waals surface area contributed by atoms with E-state index in [4.69, 9.17) is 9.47 Å². The molecule has 20 heavy (non-hydrogen) atoms. The zero-order valence-electron chi connectivity index (χ0n) is 13.4. The molecule has 0 saturated carbocycles. The molecule has 1 atom stereocenters. The van der Waals surface area contributed by atoms with Gasteiger partial charge in [0, 0.05) is 12.2 Å². The van der Waals surface area contributed by atoms with Crippen LogP contribution in [0.3, 0.4) is 0 Å². The van der Waals surface area contributed by atoms with Crippen molar-refractivity contribution in [2.45, 2.75) is 66.4 Å². The third-order valence-electron chi connectivity index (χ3n) is 3.11. The quantitative estimate of drug-likeness (QED) is 0.388. The van der Waals surface area contributed by atoms with Gasteiger partial charge in [0.25, 0.3) is 0 Å². The Balaban J connectivity index is 3.92. The van der Waals surface area contributed by atoms with Crippen molar-refractivity contribution in [2.75, 3.05) is 6.61 Å². The van der Waals surface area contributed by atoms with Crippen molar-refractivity contribution in [3.8, 4) is 0 Å². The van der Waals surface area contributed by atoms with Gasteiger partial charge in [-0.05, 0) is 18.8 Å². The van der Waals surface area contributed by atoms with Crippen molar-refractivity contribution >= 4 is 11.9 Å². The molecule has 0 aliphatic rings. The van der Waals surface area contributed by atoms with Gasteiger partial charge in [0.05, 0.1) is 6.61 Å². The number of hydrogen-bond donors (Lipinski definition) is 0. The van der Waals surface area contributed by atoms with Crippen molar-refractivity contribution in [1.29, 1.82) is 0 Å². The molecule has 0 rings (SSSR count). The van der Waals surface area contributed by atoms with Crippen LogP contribution in [0.15, 0.2) is 12.2 Å². The molecule has 116 valence electrons. The Morgan fingerprint density at radius 2 is 1.65 bits per heavy atom. The van der Waals surface area contributed by atoms with Crippen LogP contribution < -0.4 is 0 Å². The molecule has 4 nitrogen and oxygen atoms in total. The van der Waals surface area contributed by atoms with Crippen LogP contribution in [0.4, 0.5) is 0 Å². The Morgan fingerprint density at radius 3 is 2.20 bits per heavy atom. The van der Waals surface area contributed by atoms with Gasteiger partial charge in [-0.2, -0.15) is 0 Å². The average Bonchev–Trinajstić information content (AvgIpc) is 2.35. The second kappa shape index (κ2) is 9.56. The summed E-state index contributed by atoms with van der Waals surface area (Å²) in [5.41, 5.74) is -0.122. The van der Waals surface area contributed by atoms with Crippen LogP contribution in [0.5, 0.6) is 0 Å². The van der Waals surface area contributed by atoms with Crippen LogP contribution in [0.25, 0.3) is 0 Å². The first-order valence-corrected chi connectivity index (χ1v) is 7.32. The first-order valence-electron chi connectivity index (χ1n) is 7.32. The average molecular weight is 284 g/mol. The molecule has 1 unspecified atom stereocenters. The van der Waals surface area contributed by atoms with Gasteiger partial charge in [-0.3, -0.25) is 0 Å². The summed E-state index contributed by atoms with van der Waals surface area (Å²) in [6.07, 6.45) is 6.23. The summed E-state index contributed by atoms with van der Waals surface area (Å²) in [5, 5.41) is 0. The molecule has 4 heteroatoms. The van der Waals surface area contributed by atoms with E-state index in [1.807, 2.05) is 27.7 Å². The molecule has 0 spiro atoms. The highest BCUT2D eigenvalue weighted by molar-refractivity contribution is 5.91. The van der Waals surface area contributed by atoms with Crippen molar-refractivity contribution in [3.05, 3.63) is 12.2 Å². The molecule has 0 N–H and O–H groups in total. The van der Waals surface area contributed by atoms with Crippen molar-refractivity contribution < 1.29 is 19.1 Å². The van der Waals surface area contributed by atoms with Crippen molar-refractivity contribution in [1.82, 2.24) is 0 Å². The molecule has 0 aromatic rings. The monoisotopic (exact) mass is 284 g/mol. The van der Waals surface area contributed by atoms with Crippen LogP contribution in [0.1, 0.15) is 60.3 Å². The molecule has 0 heterocycles. The summed E-state index contributed by atoms with van der Waals surface area (Å²) < 4.78 is 10.2. The molecule has 0 aliphatic carbocycles. The normalized spacial score (nSPS) is 13.2. The van der Waals surface area contributed by atoms with Gasteiger partial charge < -0.3 is 9.47 Å². The van der Waals surface area contributed by atoms with Crippen LogP contribution >= 0.6 is 0 Å². The number of esters is 2. The fraction of sp³-hybridized carbons (Fsp3) is 0.750. The first kappa shape index (κ1) is 18.7. The summed E-state index contributed by atoms with van der Waals surface area (Å²) in [4.78, 5) is 22.8. The minimum atomic E-state index is -0.518. The summed E-state index contributed by atoms with van der Waals surface area (Å²) >= 11 is 0. The van der Waals surface area contributed by atoms with E-state index in [1.165, 1.54) is 0 Å². The maximum absolute atomic E-state index is 11.5. The number of carbonyl (C=O) groups excluding carboxylic acids is 2. The van der Waals surface area contributed by atoms with Crippen molar-refractivity contribution in [2.24, 2.45) is 5.41 Å². The van der Waals surface area contributed by atoms with Crippen LogP contribution in [-0.4, -0.2) is 24.6 Å². The highest BCUT2D eigenvalue weighted by atomic mass is 16.5. The summed E-state index contributed by atoms with van der Waals surface area (Å²) in [6, 6.07) is 0. The molecule has 0 aliphatic heterocycles. The fourth-order valence-corrected chi connectivity index (χ4v) is 1.28. The topological polar surface area (TPSA) is 52.6 Å². The van der Waals surface area contributed by atoms with Gasteiger partial charge in [-0.25, -0.2) is 9.59 Å². The lowest BCUT2D eigenvalue weighted by Crippen LogP contribution is -2.28. The minimum Gasteiger partial charge on any atom is -0.463 e. The Labute approximate surface area is 122 Å². The van der Waals surface area contributed by atoms with E-state index in [0.29, 0.717) is 6.61 Å². The molecule has 0 aromatic carbocycles. The predicted molar refractivity (Wildman–Crippen MR) is 79.3 cm³/mol. The highest BCUT2D eigenvalue weighted by Gasteiger charge is 2.22. The number of ether oxygens (including phenoxy) is 2. The highest BCUT2D eigenvalue weighted by Crippen LogP contribution is 2.21. The maximum Gasteiger partial charge on any atom is 0.331 e. The fourth-order valence-electron chi connectivity index (χ4n) is 1.28. The molecule has 0 fully saturated rings. The van der Waals surface area contributed by atoms with Crippen LogP contribution in [-0.2, 0) is 19.1 Å². The van der Waals surface area contributed by atoms with E-state index in [9.17, 15) is 9.59 Å². The Bertz CT molecular complexity index is 326. The van der Waals surface area contributed by atoms with Crippen LogP contribution in [0.2, 0.25) is 0 Å². The van der Waals surface area contributed by atoms with E-state index >= 15 is 0 Å². The Kier molecular flexibility index (Phi) is 8.93. The third kappa shape index (κ3) is 9.59. The summed E-state index contributed by atoms with van der Waals surface area (Å²) in [6.45, 7) is 10.3. The molecular formula is C16H28O4. The third-order valence-corrected chi connectivity index (χ3v) is 3.11. The molecule has 0 aromatic heterocycles. The summed E-state index contributed by atoms with van der Waals surface area (Å²) in [5.74, 6) is -1.02. The number of rotatable bonds is 8. The van der Waals surface area contributed by atoms with E-state index < -0.39 is 11.9 Å². The Morgan fingerprint density at radius 1 is 1.05 bits per heavy atom. The first-order chi connectivity index (χ1) is 9.27. The molecule has 0 amide bonds. The number of hydrogen-bond acceptors (Lipinski definition) is 4. The lowest BCUT2D eigenvalue weighted by molar-refractivity contribution is -0.147. The zero-order valence-corrected chi connectivity index (χ0v) is 13.4. The van der Waals surface area contributed by atoms with E-state index in [0.717, 1.165) is 37.8 Å². The van der Waals surface area contributed by atoms with Crippen LogP contribution in [0, 0.1) is 5.41 Å². The SMILES string of the molecule is CCCCCCOC(=O)/C=C/C(=O)OC(C)C(C)(C)C. The van der Waals surface area contributed by atoms with E-state index in [1.54, 1.807) is 0 Å². The maximum atomic E-state index is 11.5. The molecular weight excluding hydrogens is 256 g/mol. The van der Waals surface area contributed by atoms with Gasteiger partial charge in [-0.15, -0.1) is 0 Å². The largest absolute Gasteiger partial charge is 0.463 e. The second-order valence-electron chi connectivity index (χ2n) is 6.01. The summed E-state index contributed by atoms with van der Waals surface area (Å²) in [7, 11) is 0. The van der Waals surface area contributed by atoms with Gasteiger partial charge >= 0.3 is 11.9 Å². The smallest absolute Gasteiger partial charge is 0.331 e. The van der Waals surface area contributed by atoms with Gasteiger partial charge in [0.2, 0.25) is 0 Å². The minimum absolute atomic E-state index is 0.122. The van der Waals surface area contributed by atoms with Gasteiger partial charge in [0.15, 0.2) is 0 Å². The van der Waals surface area contributed by atoms with Crippen molar-refractivity contribution in [3.63, 3.8) is 0 Å². The Hall–Kier alpha value is -1.32. The second-order valence-corrected chi connectivity index (χ2v) is 6.01. The van der Waals surface area contributed by atoms with E-state index in [-0.39, 0.29) is 11.5 Å². The predicted octanol–water partition coefficient (Wildman–Crippen LogP) is 3.64. The number of carbonyl (C=O) groups is 2. The molecule has 0 saturated heterocycles. The zero-order chi connectivity index (χ0) is 15.6. The van der Waals surface area contributed by atoms with E-state index in [2.05, 4.69) is 6.92 Å². The molecule has 0 radical (unpaired) electrons. The number of unbranched alkanes of at least 4 members (excludes halogenated alkanes) is 3. The standard InChI is InChI=1S/C16H28O4/c1-6-7-8-9-12-19-14(17)10-11-15(18)20-13(2)16(3,4)5/h10-11,13H,6-9,12H2,1-5H3/b11-10+. The van der Waals surface area contributed by atoms with Gasteiger partial charge in [-0.1, -0.05) is 47.0 Å². The molecule has 0 bridgehead atoms. The lowest BCUT2D eigenvalue weighted by atomic mass is 9.90. The lowest BCUT2D eigenvalue weighted by Gasteiger charge is -2.26. The van der Waals surface area contributed by atoms with Gasteiger partial charge in [0.1, 0.15) is 6.10 Å².